The van der Waals surface area contributed by atoms with Gasteiger partial charge in [-0.1, -0.05) is 62.4 Å². The maximum Gasteiger partial charge on any atom is 0.409 e. The molecule has 0 bridgehead atoms. The minimum atomic E-state index is -3.75. The Hall–Kier alpha value is -1.81. The molecule has 7 heteroatoms. The van der Waals surface area contributed by atoms with Crippen LogP contribution in [0.4, 0.5) is 0 Å². The lowest BCUT2D eigenvalue weighted by Crippen LogP contribution is -2.37. The third kappa shape index (κ3) is 7.20. The van der Waals surface area contributed by atoms with Gasteiger partial charge in [-0.25, -0.2) is 9.65 Å². The maximum atomic E-state index is 12.6. The summed E-state index contributed by atoms with van der Waals surface area (Å²) in [5.41, 5.74) is 0.874. The van der Waals surface area contributed by atoms with E-state index in [-0.39, 0.29) is 12.5 Å². The van der Waals surface area contributed by atoms with E-state index < -0.39 is 18.9 Å². The maximum absolute atomic E-state index is 12.6. The molecule has 0 radical (unpaired) electrons. The van der Waals surface area contributed by atoms with Crippen LogP contribution in [0, 0.1) is 5.92 Å². The quantitative estimate of drug-likeness (QED) is 0.469. The topological polar surface area (TPSA) is 64.6 Å². The fourth-order valence-electron chi connectivity index (χ4n) is 2.33. The molecular weight excluding hydrogens is 373 g/mol. The van der Waals surface area contributed by atoms with Gasteiger partial charge in [0.1, 0.15) is 18.4 Å². The zero-order valence-electron chi connectivity index (χ0n) is 14.8. The fourth-order valence-corrected chi connectivity index (χ4v) is 3.95. The van der Waals surface area contributed by atoms with Crippen molar-refractivity contribution in [3.63, 3.8) is 0 Å². The molecule has 0 spiro atoms. The van der Waals surface area contributed by atoms with Crippen LogP contribution in [0.3, 0.4) is 0 Å². The molecular formula is C19H23ClNO4P. The number of carbonyl (C=O) groups excluding carboxylic acids is 1. The molecule has 2 aromatic rings. The lowest BCUT2D eigenvalue weighted by atomic mass is 10.1. The SMILES string of the molecule is CC(C)C[C@H](NP(=O)(Cl)Oc1ccccc1)C(=O)OCc1ccccc1. The number of rotatable bonds is 9. The van der Waals surface area contributed by atoms with Crippen molar-refractivity contribution in [1.29, 1.82) is 0 Å². The average molecular weight is 396 g/mol. The monoisotopic (exact) mass is 395 g/mol. The van der Waals surface area contributed by atoms with E-state index >= 15 is 0 Å². The van der Waals surface area contributed by atoms with Crippen molar-refractivity contribution in [2.45, 2.75) is 32.9 Å². The van der Waals surface area contributed by atoms with Crippen LogP contribution in [0.5, 0.6) is 5.75 Å². The molecule has 0 heterocycles. The Bertz CT molecular complexity index is 740. The van der Waals surface area contributed by atoms with Gasteiger partial charge < -0.3 is 9.26 Å². The second kappa shape index (κ2) is 9.77. The molecule has 26 heavy (non-hydrogen) atoms. The normalized spacial score (nSPS) is 14.5. The van der Waals surface area contributed by atoms with Crippen LogP contribution in [-0.2, 0) is 20.7 Å². The number of ether oxygens (including phenoxy) is 1. The number of halogens is 1. The summed E-state index contributed by atoms with van der Waals surface area (Å²) in [4.78, 5) is 12.5. The van der Waals surface area contributed by atoms with Crippen molar-refractivity contribution in [1.82, 2.24) is 5.09 Å². The highest BCUT2D eigenvalue weighted by molar-refractivity contribution is 7.84. The summed E-state index contributed by atoms with van der Waals surface area (Å²) in [5, 5.41) is 2.63. The summed E-state index contributed by atoms with van der Waals surface area (Å²) in [7, 11) is 0. The summed E-state index contributed by atoms with van der Waals surface area (Å²) >= 11 is 6.02. The van der Waals surface area contributed by atoms with Crippen LogP contribution in [0.15, 0.2) is 60.7 Å². The Balaban J connectivity index is 2.00. The van der Waals surface area contributed by atoms with Crippen LogP contribution in [-0.4, -0.2) is 12.0 Å². The lowest BCUT2D eigenvalue weighted by Gasteiger charge is -2.22. The smallest absolute Gasteiger partial charge is 0.409 e. The van der Waals surface area contributed by atoms with Crippen molar-refractivity contribution < 1.29 is 18.6 Å². The number of hydrogen-bond donors (Lipinski definition) is 1. The molecule has 1 unspecified atom stereocenters. The van der Waals surface area contributed by atoms with Gasteiger partial charge in [-0.2, -0.15) is 0 Å². The predicted molar refractivity (Wildman–Crippen MR) is 103 cm³/mol. The molecule has 0 aliphatic rings. The molecule has 0 amide bonds. The Morgan fingerprint density at radius 1 is 1.08 bits per heavy atom. The largest absolute Gasteiger partial charge is 0.460 e. The molecule has 2 rings (SSSR count). The Labute approximate surface area is 159 Å². The second-order valence-corrected chi connectivity index (χ2v) is 9.02. The first-order chi connectivity index (χ1) is 12.4. The summed E-state index contributed by atoms with van der Waals surface area (Å²) in [6.07, 6.45) is 0.419. The van der Waals surface area contributed by atoms with Gasteiger partial charge in [0.05, 0.1) is 0 Å². The minimum Gasteiger partial charge on any atom is -0.460 e. The Morgan fingerprint density at radius 2 is 1.65 bits per heavy atom. The van der Waals surface area contributed by atoms with Gasteiger partial charge in [0.15, 0.2) is 0 Å². The summed E-state index contributed by atoms with van der Waals surface area (Å²) in [6, 6.07) is 17.1. The van der Waals surface area contributed by atoms with Crippen molar-refractivity contribution in [3.05, 3.63) is 66.2 Å². The number of benzene rings is 2. The summed E-state index contributed by atoms with van der Waals surface area (Å²) in [5.74, 6) is 0.0181. The average Bonchev–Trinajstić information content (AvgIpc) is 2.60. The van der Waals surface area contributed by atoms with Crippen LogP contribution >= 0.6 is 18.1 Å². The molecule has 0 aliphatic heterocycles. The highest BCUT2D eigenvalue weighted by Crippen LogP contribution is 2.49. The van der Waals surface area contributed by atoms with E-state index in [0.29, 0.717) is 12.2 Å². The molecule has 0 fully saturated rings. The number of nitrogens with one attached hydrogen (secondary N) is 1. The third-order valence-corrected chi connectivity index (χ3v) is 5.06. The van der Waals surface area contributed by atoms with E-state index in [4.69, 9.17) is 20.5 Å². The van der Waals surface area contributed by atoms with E-state index in [0.717, 1.165) is 5.56 Å². The Morgan fingerprint density at radius 3 is 2.23 bits per heavy atom. The highest BCUT2D eigenvalue weighted by Gasteiger charge is 2.31. The molecule has 140 valence electrons. The van der Waals surface area contributed by atoms with Crippen LogP contribution < -0.4 is 9.61 Å². The van der Waals surface area contributed by atoms with E-state index in [9.17, 15) is 9.36 Å². The second-order valence-electron chi connectivity index (χ2n) is 6.29. The first-order valence-electron chi connectivity index (χ1n) is 8.38. The van der Waals surface area contributed by atoms with E-state index in [1.54, 1.807) is 24.3 Å². The Kier molecular flexibility index (Phi) is 7.70. The van der Waals surface area contributed by atoms with Crippen molar-refractivity contribution in [3.8, 4) is 5.75 Å². The molecule has 0 aliphatic carbocycles. The first-order valence-corrected chi connectivity index (χ1v) is 10.9. The molecule has 1 N–H and O–H groups in total. The molecule has 5 nitrogen and oxygen atoms in total. The molecule has 0 saturated heterocycles. The van der Waals surface area contributed by atoms with Gasteiger partial charge in [0, 0.05) is 11.2 Å². The number of carbonyl (C=O) groups is 1. The zero-order chi connectivity index (χ0) is 19.0. The zero-order valence-corrected chi connectivity index (χ0v) is 16.5. The molecule has 2 atom stereocenters. The molecule has 0 saturated carbocycles. The lowest BCUT2D eigenvalue weighted by molar-refractivity contribution is -0.147. The van der Waals surface area contributed by atoms with Crippen molar-refractivity contribution in [2.75, 3.05) is 0 Å². The third-order valence-electron chi connectivity index (χ3n) is 3.49. The molecule has 2 aromatic carbocycles. The van der Waals surface area contributed by atoms with Crippen LogP contribution in [0.2, 0.25) is 0 Å². The fraction of sp³-hybridized carbons (Fsp3) is 0.316. The standard InChI is InChI=1S/C19H23ClNO4P/c1-15(2)13-18(19(22)24-14-16-9-5-3-6-10-16)21-26(20,23)25-17-11-7-4-8-12-17/h3-12,15,18H,13-14H2,1-2H3,(H,21,23)/t18-,26?/m0/s1. The van der Waals surface area contributed by atoms with Crippen LogP contribution in [0.1, 0.15) is 25.8 Å². The van der Waals surface area contributed by atoms with Gasteiger partial charge in [0.25, 0.3) is 0 Å². The van der Waals surface area contributed by atoms with Crippen molar-refractivity contribution >= 4 is 24.1 Å². The van der Waals surface area contributed by atoms with E-state index in [1.165, 1.54) is 0 Å². The number of hydrogen-bond acceptors (Lipinski definition) is 4. The van der Waals surface area contributed by atoms with Crippen molar-refractivity contribution in [2.24, 2.45) is 5.92 Å². The van der Waals surface area contributed by atoms with Gasteiger partial charge in [-0.3, -0.25) is 4.79 Å². The van der Waals surface area contributed by atoms with Crippen LogP contribution in [0.25, 0.3) is 0 Å². The van der Waals surface area contributed by atoms with E-state index in [2.05, 4.69) is 5.09 Å². The summed E-state index contributed by atoms with van der Waals surface area (Å²) < 4.78 is 23.3. The van der Waals surface area contributed by atoms with E-state index in [1.807, 2.05) is 50.2 Å². The minimum absolute atomic E-state index is 0.141. The summed E-state index contributed by atoms with van der Waals surface area (Å²) in [6.45, 7) is 0.296. The number of para-hydroxylation sites is 1. The van der Waals surface area contributed by atoms with Gasteiger partial charge in [0.2, 0.25) is 0 Å². The molecule has 0 aromatic heterocycles. The highest BCUT2D eigenvalue weighted by atomic mass is 35.7. The number of esters is 1. The van der Waals surface area contributed by atoms with Gasteiger partial charge in [-0.15, -0.1) is 0 Å². The predicted octanol–water partition coefficient (Wildman–Crippen LogP) is 5.16. The van der Waals surface area contributed by atoms with Gasteiger partial charge >= 0.3 is 12.8 Å². The van der Waals surface area contributed by atoms with Gasteiger partial charge in [-0.05, 0) is 30.0 Å². The first kappa shape index (κ1) is 20.5.